The van der Waals surface area contributed by atoms with Gasteiger partial charge in [0.15, 0.2) is 0 Å². The number of hydrogen-bond acceptors (Lipinski definition) is 4. The van der Waals surface area contributed by atoms with E-state index < -0.39 is 9.05 Å². The van der Waals surface area contributed by atoms with Gasteiger partial charge in [-0.3, -0.25) is 0 Å². The second-order valence-electron chi connectivity index (χ2n) is 0.858. The third kappa shape index (κ3) is 10.3. The van der Waals surface area contributed by atoms with E-state index in [2.05, 4.69) is 11.0 Å². The minimum atomic E-state index is -4.28. The molecule has 6 heteroatoms. The Morgan fingerprint density at radius 3 is 1.88 bits per heavy atom. The SMILES string of the molecule is C=CO[Si](O)(O)O.[H-].[K+]. The van der Waals surface area contributed by atoms with Crippen molar-refractivity contribution in [3.8, 4) is 0 Å². The molecule has 44 valence electrons. The van der Waals surface area contributed by atoms with Crippen LogP contribution in [0.4, 0.5) is 0 Å². The molecule has 0 aromatic carbocycles. The largest absolute Gasteiger partial charge is 1.00 e. The Morgan fingerprint density at radius 1 is 1.50 bits per heavy atom. The Morgan fingerprint density at radius 2 is 1.88 bits per heavy atom. The topological polar surface area (TPSA) is 69.9 Å². The first-order valence-corrected chi connectivity index (χ1v) is 3.27. The van der Waals surface area contributed by atoms with Crippen molar-refractivity contribution >= 4 is 9.05 Å². The van der Waals surface area contributed by atoms with Crippen LogP contribution >= 0.6 is 0 Å². The van der Waals surface area contributed by atoms with Crippen LogP contribution in [0.15, 0.2) is 12.8 Å². The number of rotatable bonds is 2. The third-order valence-electron chi connectivity index (χ3n) is 0.241. The van der Waals surface area contributed by atoms with Crippen molar-refractivity contribution in [1.82, 2.24) is 0 Å². The average molecular weight is 162 g/mol. The Balaban J connectivity index is -0.000000180. The third-order valence-corrected chi connectivity index (χ3v) is 0.724. The molecule has 0 rings (SSSR count). The van der Waals surface area contributed by atoms with Crippen LogP contribution in [0.25, 0.3) is 0 Å². The van der Waals surface area contributed by atoms with E-state index in [0.717, 1.165) is 6.26 Å². The summed E-state index contributed by atoms with van der Waals surface area (Å²) in [5, 5.41) is 0. The molecule has 0 aromatic heterocycles. The number of hydrogen-bond donors (Lipinski definition) is 3. The molecular weight excluding hydrogens is 155 g/mol. The van der Waals surface area contributed by atoms with Crippen LogP contribution in [0.1, 0.15) is 1.43 Å². The van der Waals surface area contributed by atoms with Crippen LogP contribution in [-0.4, -0.2) is 23.4 Å². The fourth-order valence-corrected chi connectivity index (χ4v) is 0.335. The van der Waals surface area contributed by atoms with Crippen LogP contribution < -0.4 is 51.4 Å². The first-order valence-electron chi connectivity index (χ1n) is 1.52. The molecule has 0 heterocycles. The standard InChI is InChI=1S/C2H6O4Si.K.H/c1-2-6-7(3,4)5;;/h2-5H,1H2;;/q;+1;-1. The maximum Gasteiger partial charge on any atom is 1.00 e. The fourth-order valence-electron chi connectivity index (χ4n) is 0.112. The van der Waals surface area contributed by atoms with E-state index in [1.165, 1.54) is 0 Å². The molecule has 8 heavy (non-hydrogen) atoms. The van der Waals surface area contributed by atoms with Gasteiger partial charge in [-0.05, 0) is 0 Å². The molecule has 0 atom stereocenters. The van der Waals surface area contributed by atoms with E-state index in [4.69, 9.17) is 14.4 Å². The molecule has 0 aromatic rings. The van der Waals surface area contributed by atoms with Crippen molar-refractivity contribution in [2.24, 2.45) is 0 Å². The summed E-state index contributed by atoms with van der Waals surface area (Å²) in [6, 6.07) is 0. The Bertz CT molecular complexity index is 73.5. The Kier molecular flexibility index (Phi) is 7.63. The van der Waals surface area contributed by atoms with Gasteiger partial charge >= 0.3 is 60.4 Å². The molecule has 0 spiro atoms. The molecule has 0 bridgehead atoms. The van der Waals surface area contributed by atoms with E-state index in [-0.39, 0.29) is 52.8 Å². The van der Waals surface area contributed by atoms with Gasteiger partial charge in [0.05, 0.1) is 6.26 Å². The molecule has 3 N–H and O–H groups in total. The quantitative estimate of drug-likeness (QED) is 0.284. The molecule has 0 aliphatic carbocycles. The second kappa shape index (κ2) is 5.09. The summed E-state index contributed by atoms with van der Waals surface area (Å²) in [5.41, 5.74) is 0. The smallest absolute Gasteiger partial charge is 1.00 e. The van der Waals surface area contributed by atoms with Crippen LogP contribution in [0.3, 0.4) is 0 Å². The van der Waals surface area contributed by atoms with Crippen LogP contribution in [0.5, 0.6) is 0 Å². The monoisotopic (exact) mass is 162 g/mol. The average Bonchev–Trinajstić information content (AvgIpc) is 1.30. The maximum atomic E-state index is 7.97. The van der Waals surface area contributed by atoms with Gasteiger partial charge < -0.3 is 20.2 Å². The molecular formula is C2H7KO4Si. The molecule has 0 unspecified atom stereocenters. The van der Waals surface area contributed by atoms with Crippen LogP contribution in [0, 0.1) is 0 Å². The zero-order valence-corrected chi connectivity index (χ0v) is 8.66. The van der Waals surface area contributed by atoms with Gasteiger partial charge in [0.1, 0.15) is 0 Å². The Hall–Kier alpha value is 1.27. The molecule has 4 nitrogen and oxygen atoms in total. The van der Waals surface area contributed by atoms with Gasteiger partial charge in [-0.1, -0.05) is 6.58 Å². The fraction of sp³-hybridized carbons (Fsp3) is 0. The van der Waals surface area contributed by atoms with Crippen molar-refractivity contribution in [3.05, 3.63) is 12.8 Å². The van der Waals surface area contributed by atoms with Crippen molar-refractivity contribution in [2.45, 2.75) is 0 Å². The van der Waals surface area contributed by atoms with Crippen molar-refractivity contribution in [1.29, 1.82) is 0 Å². The minimum absolute atomic E-state index is 0. The summed E-state index contributed by atoms with van der Waals surface area (Å²) in [5.74, 6) is 0. The Labute approximate surface area is 92.2 Å². The van der Waals surface area contributed by atoms with Gasteiger partial charge in [-0.2, -0.15) is 0 Å². The summed E-state index contributed by atoms with van der Waals surface area (Å²) >= 11 is 0. The first kappa shape index (κ1) is 12.0. The van der Waals surface area contributed by atoms with Crippen molar-refractivity contribution in [3.63, 3.8) is 0 Å². The van der Waals surface area contributed by atoms with Crippen LogP contribution in [-0.2, 0) is 4.43 Å². The second-order valence-corrected chi connectivity index (χ2v) is 2.24. The van der Waals surface area contributed by atoms with Gasteiger partial charge in [0, 0.05) is 0 Å². The first-order chi connectivity index (χ1) is 3.06. The maximum absolute atomic E-state index is 7.97. The molecule has 0 saturated carbocycles. The zero-order valence-electron chi connectivity index (χ0n) is 5.53. The van der Waals surface area contributed by atoms with E-state index in [0.29, 0.717) is 0 Å². The summed E-state index contributed by atoms with van der Waals surface area (Å²) in [6.07, 6.45) is 0.770. The minimum Gasteiger partial charge on any atom is -1.00 e. The molecule has 0 fully saturated rings. The summed E-state index contributed by atoms with van der Waals surface area (Å²) < 4.78 is 3.80. The van der Waals surface area contributed by atoms with E-state index in [1.54, 1.807) is 0 Å². The van der Waals surface area contributed by atoms with Crippen molar-refractivity contribution < 1.29 is 71.6 Å². The summed E-state index contributed by atoms with van der Waals surface area (Å²) in [7, 11) is -4.28. The van der Waals surface area contributed by atoms with E-state index >= 15 is 0 Å². The predicted molar refractivity (Wildman–Crippen MR) is 24.8 cm³/mol. The zero-order chi connectivity index (χ0) is 5.91. The normalized spacial score (nSPS) is 9.38. The van der Waals surface area contributed by atoms with Gasteiger partial charge in [-0.25, -0.2) is 0 Å². The molecule has 0 saturated heterocycles. The van der Waals surface area contributed by atoms with E-state index in [9.17, 15) is 0 Å². The predicted octanol–water partition coefficient (Wildman–Crippen LogP) is -4.32. The molecule has 0 aliphatic rings. The molecule has 0 amide bonds. The molecule has 0 radical (unpaired) electrons. The van der Waals surface area contributed by atoms with Gasteiger partial charge in [0.25, 0.3) is 0 Å². The van der Waals surface area contributed by atoms with Gasteiger partial charge in [0.2, 0.25) is 0 Å². The van der Waals surface area contributed by atoms with Gasteiger partial charge in [-0.15, -0.1) is 0 Å². The molecule has 0 aliphatic heterocycles. The van der Waals surface area contributed by atoms with Crippen LogP contribution in [0.2, 0.25) is 0 Å². The summed E-state index contributed by atoms with van der Waals surface area (Å²) in [6.45, 7) is 2.98. The summed E-state index contributed by atoms with van der Waals surface area (Å²) in [4.78, 5) is 23.9. The van der Waals surface area contributed by atoms with E-state index in [1.807, 2.05) is 0 Å². The van der Waals surface area contributed by atoms with Crippen molar-refractivity contribution in [2.75, 3.05) is 0 Å².